The van der Waals surface area contributed by atoms with Crippen LogP contribution in [-0.2, 0) is 6.18 Å². The number of benzene rings is 1. The van der Waals surface area contributed by atoms with E-state index >= 15 is 0 Å². The normalized spacial score (nSPS) is 19.8. The van der Waals surface area contributed by atoms with Crippen molar-refractivity contribution >= 4 is 5.69 Å². The Kier molecular flexibility index (Phi) is 3.52. The lowest BCUT2D eigenvalue weighted by Crippen LogP contribution is -2.28. The van der Waals surface area contributed by atoms with E-state index in [1.807, 2.05) is 11.9 Å². The summed E-state index contributed by atoms with van der Waals surface area (Å²) >= 11 is 0. The first-order valence-electron chi connectivity index (χ1n) is 6.06. The molecule has 2 N–H and O–H groups in total. The largest absolute Gasteiger partial charge is 0.416 e. The molecule has 0 amide bonds. The molecule has 1 unspecified atom stereocenters. The molecule has 0 spiro atoms. The molecule has 1 aromatic carbocycles. The van der Waals surface area contributed by atoms with E-state index in [0.717, 1.165) is 36.7 Å². The fourth-order valence-electron chi connectivity index (χ4n) is 2.53. The van der Waals surface area contributed by atoms with E-state index in [9.17, 15) is 13.2 Å². The minimum absolute atomic E-state index is 0.142. The van der Waals surface area contributed by atoms with Crippen LogP contribution in [0.2, 0.25) is 0 Å². The lowest BCUT2D eigenvalue weighted by atomic mass is 9.86. The predicted molar refractivity (Wildman–Crippen MR) is 65.7 cm³/mol. The summed E-state index contributed by atoms with van der Waals surface area (Å²) in [5, 5.41) is 0. The number of hydrogen-bond acceptors (Lipinski definition) is 2. The topological polar surface area (TPSA) is 29.3 Å². The number of hydrogen-bond donors (Lipinski definition) is 1. The molecule has 0 aromatic heterocycles. The molecule has 0 bridgehead atoms. The quantitative estimate of drug-likeness (QED) is 0.883. The minimum atomic E-state index is -4.28. The third-order valence-electron chi connectivity index (χ3n) is 3.53. The standard InChI is InChI=1S/C13H17F3N2/c1-18-7-5-9(4-6-17)11-8-10(13(14,15)16)2-3-12(11)18/h2-3,8-9H,4-7,17H2,1H3. The van der Waals surface area contributed by atoms with Crippen LogP contribution in [0, 0.1) is 0 Å². The molecule has 1 aliphatic heterocycles. The lowest BCUT2D eigenvalue weighted by Gasteiger charge is -2.33. The van der Waals surface area contributed by atoms with Crippen LogP contribution < -0.4 is 10.6 Å². The molecule has 5 heteroatoms. The van der Waals surface area contributed by atoms with Crippen LogP contribution in [0.5, 0.6) is 0 Å². The first-order chi connectivity index (χ1) is 8.43. The molecule has 0 radical (unpaired) electrons. The van der Waals surface area contributed by atoms with Crippen molar-refractivity contribution in [1.82, 2.24) is 0 Å². The number of anilines is 1. The van der Waals surface area contributed by atoms with Gasteiger partial charge in [0.25, 0.3) is 0 Å². The number of halogens is 3. The summed E-state index contributed by atoms with van der Waals surface area (Å²) in [4.78, 5) is 2.00. The first-order valence-corrected chi connectivity index (χ1v) is 6.06. The highest BCUT2D eigenvalue weighted by atomic mass is 19.4. The van der Waals surface area contributed by atoms with Crippen molar-refractivity contribution < 1.29 is 13.2 Å². The smallest absolute Gasteiger partial charge is 0.374 e. The molecule has 0 aliphatic carbocycles. The van der Waals surface area contributed by atoms with E-state index in [4.69, 9.17) is 5.73 Å². The zero-order valence-corrected chi connectivity index (χ0v) is 10.3. The minimum Gasteiger partial charge on any atom is -0.374 e. The Bertz CT molecular complexity index is 429. The van der Waals surface area contributed by atoms with Gasteiger partial charge in [0.05, 0.1) is 5.56 Å². The van der Waals surface area contributed by atoms with Gasteiger partial charge in [-0.1, -0.05) is 0 Å². The summed E-state index contributed by atoms with van der Waals surface area (Å²) in [5.41, 5.74) is 6.65. The van der Waals surface area contributed by atoms with Crippen LogP contribution in [0.3, 0.4) is 0 Å². The Morgan fingerprint density at radius 3 is 2.72 bits per heavy atom. The first kappa shape index (κ1) is 13.2. The summed E-state index contributed by atoms with van der Waals surface area (Å²) in [6, 6.07) is 4.01. The van der Waals surface area contributed by atoms with Crippen molar-refractivity contribution in [2.45, 2.75) is 24.9 Å². The lowest BCUT2D eigenvalue weighted by molar-refractivity contribution is -0.137. The van der Waals surface area contributed by atoms with Gasteiger partial charge in [0.1, 0.15) is 0 Å². The second-order valence-corrected chi connectivity index (χ2v) is 4.76. The van der Waals surface area contributed by atoms with Gasteiger partial charge in [-0.2, -0.15) is 13.2 Å². The van der Waals surface area contributed by atoms with Gasteiger partial charge >= 0.3 is 6.18 Å². The molecule has 0 saturated heterocycles. The molecule has 1 aromatic rings. The molecule has 2 rings (SSSR count). The maximum atomic E-state index is 12.7. The van der Waals surface area contributed by atoms with Gasteiger partial charge in [-0.25, -0.2) is 0 Å². The van der Waals surface area contributed by atoms with Crippen molar-refractivity contribution in [2.75, 3.05) is 25.0 Å². The maximum Gasteiger partial charge on any atom is 0.416 e. The van der Waals surface area contributed by atoms with Crippen molar-refractivity contribution in [1.29, 1.82) is 0 Å². The average Bonchev–Trinajstić information content (AvgIpc) is 2.31. The van der Waals surface area contributed by atoms with Crippen molar-refractivity contribution in [3.05, 3.63) is 29.3 Å². The summed E-state index contributed by atoms with van der Waals surface area (Å²) < 4.78 is 38.2. The summed E-state index contributed by atoms with van der Waals surface area (Å²) in [6.45, 7) is 1.37. The van der Waals surface area contributed by atoms with Crippen molar-refractivity contribution in [3.63, 3.8) is 0 Å². The highest BCUT2D eigenvalue weighted by molar-refractivity contribution is 5.58. The molecule has 18 heavy (non-hydrogen) atoms. The van der Waals surface area contributed by atoms with E-state index in [2.05, 4.69) is 0 Å². The zero-order chi connectivity index (χ0) is 13.3. The highest BCUT2D eigenvalue weighted by Gasteiger charge is 2.33. The third-order valence-corrected chi connectivity index (χ3v) is 3.53. The van der Waals surface area contributed by atoms with Crippen LogP contribution in [-0.4, -0.2) is 20.1 Å². The number of rotatable bonds is 2. The average molecular weight is 258 g/mol. The summed E-state index contributed by atoms with van der Waals surface area (Å²) in [7, 11) is 1.91. The molecule has 1 heterocycles. The van der Waals surface area contributed by atoms with E-state index in [-0.39, 0.29) is 5.92 Å². The van der Waals surface area contributed by atoms with Gasteiger partial charge in [0, 0.05) is 19.3 Å². The van der Waals surface area contributed by atoms with Gasteiger partial charge in [-0.05, 0) is 49.1 Å². The maximum absolute atomic E-state index is 12.7. The summed E-state index contributed by atoms with van der Waals surface area (Å²) in [5.74, 6) is 0.142. The SMILES string of the molecule is CN1CCC(CCN)c2cc(C(F)(F)F)ccc21. The molecule has 1 atom stereocenters. The van der Waals surface area contributed by atoms with Gasteiger partial charge in [-0.3, -0.25) is 0 Å². The Balaban J connectivity index is 2.43. The molecular weight excluding hydrogens is 241 g/mol. The Morgan fingerprint density at radius 1 is 1.39 bits per heavy atom. The molecular formula is C13H17F3N2. The number of nitrogens with zero attached hydrogens (tertiary/aromatic N) is 1. The molecule has 0 saturated carbocycles. The second-order valence-electron chi connectivity index (χ2n) is 4.76. The van der Waals surface area contributed by atoms with Gasteiger partial charge < -0.3 is 10.6 Å². The van der Waals surface area contributed by atoms with Crippen LogP contribution in [0.4, 0.5) is 18.9 Å². The van der Waals surface area contributed by atoms with E-state index in [1.54, 1.807) is 6.07 Å². The zero-order valence-electron chi connectivity index (χ0n) is 10.3. The second kappa shape index (κ2) is 4.80. The van der Waals surface area contributed by atoms with Gasteiger partial charge in [0.2, 0.25) is 0 Å². The fourth-order valence-corrected chi connectivity index (χ4v) is 2.53. The molecule has 1 aliphatic rings. The van der Waals surface area contributed by atoms with Crippen LogP contribution in [0.25, 0.3) is 0 Å². The van der Waals surface area contributed by atoms with Crippen LogP contribution in [0.1, 0.15) is 29.9 Å². The third kappa shape index (κ3) is 2.46. The summed E-state index contributed by atoms with van der Waals surface area (Å²) in [6.07, 6.45) is -2.68. The number of alkyl halides is 3. The Labute approximate surface area is 105 Å². The monoisotopic (exact) mass is 258 g/mol. The molecule has 0 fully saturated rings. The van der Waals surface area contributed by atoms with E-state index in [1.165, 1.54) is 6.07 Å². The molecule has 2 nitrogen and oxygen atoms in total. The van der Waals surface area contributed by atoms with Crippen molar-refractivity contribution in [2.24, 2.45) is 5.73 Å². The van der Waals surface area contributed by atoms with Crippen LogP contribution >= 0.6 is 0 Å². The number of fused-ring (bicyclic) bond motifs is 1. The highest BCUT2D eigenvalue weighted by Crippen LogP contribution is 2.40. The molecule has 100 valence electrons. The predicted octanol–water partition coefficient (Wildman–Crippen LogP) is 2.98. The van der Waals surface area contributed by atoms with Crippen LogP contribution in [0.15, 0.2) is 18.2 Å². The fraction of sp³-hybridized carbons (Fsp3) is 0.538. The Hall–Kier alpha value is -1.23. The van der Waals surface area contributed by atoms with Gasteiger partial charge in [0.15, 0.2) is 0 Å². The van der Waals surface area contributed by atoms with Gasteiger partial charge in [-0.15, -0.1) is 0 Å². The van der Waals surface area contributed by atoms with Crippen molar-refractivity contribution in [3.8, 4) is 0 Å². The van der Waals surface area contributed by atoms with E-state index in [0.29, 0.717) is 6.54 Å². The number of nitrogens with two attached hydrogens (primary N) is 1. The Morgan fingerprint density at radius 2 is 2.11 bits per heavy atom. The van der Waals surface area contributed by atoms with E-state index < -0.39 is 11.7 Å².